The molecule has 7 nitrogen and oxygen atoms in total. The Labute approximate surface area is 157 Å². The van der Waals surface area contributed by atoms with E-state index >= 15 is 0 Å². The average molecular weight is 368 g/mol. The van der Waals surface area contributed by atoms with E-state index in [1.54, 1.807) is 6.07 Å². The van der Waals surface area contributed by atoms with Gasteiger partial charge in [0, 0.05) is 45.0 Å². The summed E-state index contributed by atoms with van der Waals surface area (Å²) in [6.45, 7) is 6.22. The Morgan fingerprint density at radius 1 is 0.852 bits per heavy atom. The minimum atomic E-state index is -0.470. The molecule has 0 aliphatic carbocycles. The van der Waals surface area contributed by atoms with Gasteiger partial charge in [-0.2, -0.15) is 5.26 Å². The molecule has 3 heterocycles. The second-order valence-corrected chi connectivity index (χ2v) is 6.60. The summed E-state index contributed by atoms with van der Waals surface area (Å²) in [6.07, 6.45) is 0. The van der Waals surface area contributed by atoms with E-state index in [1.807, 2.05) is 18.2 Å². The highest BCUT2D eigenvalue weighted by molar-refractivity contribution is 5.53. The maximum Gasteiger partial charge on any atom is 0.151 e. The highest BCUT2D eigenvalue weighted by Gasteiger charge is 2.20. The van der Waals surface area contributed by atoms with Gasteiger partial charge < -0.3 is 19.4 Å². The smallest absolute Gasteiger partial charge is 0.151 e. The van der Waals surface area contributed by atoms with Crippen LogP contribution in [0.25, 0.3) is 0 Å². The van der Waals surface area contributed by atoms with Crippen molar-refractivity contribution in [1.82, 2.24) is 10.2 Å². The number of anilines is 3. The number of halogens is 1. The van der Waals surface area contributed by atoms with Gasteiger partial charge in [-0.1, -0.05) is 0 Å². The summed E-state index contributed by atoms with van der Waals surface area (Å²) in [5, 5.41) is 17.6. The Morgan fingerprint density at radius 2 is 1.44 bits per heavy atom. The summed E-state index contributed by atoms with van der Waals surface area (Å²) in [7, 11) is 0. The summed E-state index contributed by atoms with van der Waals surface area (Å²) < 4.78 is 19.2. The lowest BCUT2D eigenvalue weighted by atomic mass is 10.2. The fourth-order valence-corrected chi connectivity index (χ4v) is 3.43. The van der Waals surface area contributed by atoms with Crippen molar-refractivity contribution in [1.29, 1.82) is 5.26 Å². The Balaban J connectivity index is 1.37. The topological polar surface area (TPSA) is 68.5 Å². The molecule has 4 rings (SSSR count). The summed E-state index contributed by atoms with van der Waals surface area (Å²) in [4.78, 5) is 6.49. The van der Waals surface area contributed by atoms with Gasteiger partial charge >= 0.3 is 0 Å². The molecule has 0 radical (unpaired) electrons. The molecule has 8 heteroatoms. The standard InChI is InChI=1S/C19H21FN6O/c20-17-13-16(2-1-15(17)14-21)24-5-7-25(8-6-24)18-3-4-19(23-22-18)26-9-11-27-12-10-26/h1-4,13H,5-12H2. The molecule has 2 aliphatic heterocycles. The van der Waals surface area contributed by atoms with E-state index in [2.05, 4.69) is 24.9 Å². The SMILES string of the molecule is N#Cc1ccc(N2CCN(c3ccc(N4CCOCC4)nn3)CC2)cc1F. The molecule has 0 atom stereocenters. The molecule has 1 aromatic carbocycles. The van der Waals surface area contributed by atoms with Crippen LogP contribution in [0.3, 0.4) is 0 Å². The summed E-state index contributed by atoms with van der Waals surface area (Å²) in [6, 6.07) is 10.6. The third-order valence-corrected chi connectivity index (χ3v) is 5.01. The van der Waals surface area contributed by atoms with Crippen molar-refractivity contribution < 1.29 is 9.13 Å². The quantitative estimate of drug-likeness (QED) is 0.816. The summed E-state index contributed by atoms with van der Waals surface area (Å²) in [5.41, 5.74) is 0.882. The van der Waals surface area contributed by atoms with E-state index in [0.29, 0.717) is 0 Å². The van der Waals surface area contributed by atoms with Gasteiger partial charge in [0.05, 0.1) is 18.8 Å². The van der Waals surface area contributed by atoms with Crippen LogP contribution in [0.2, 0.25) is 0 Å². The maximum absolute atomic E-state index is 13.8. The van der Waals surface area contributed by atoms with Gasteiger partial charge in [0.1, 0.15) is 11.9 Å². The lowest BCUT2D eigenvalue weighted by molar-refractivity contribution is 0.122. The number of piperazine rings is 1. The van der Waals surface area contributed by atoms with Crippen LogP contribution in [0.4, 0.5) is 21.7 Å². The number of aromatic nitrogens is 2. The number of benzene rings is 1. The third-order valence-electron chi connectivity index (χ3n) is 5.01. The van der Waals surface area contributed by atoms with Gasteiger partial charge in [0.25, 0.3) is 0 Å². The van der Waals surface area contributed by atoms with Crippen molar-refractivity contribution >= 4 is 17.3 Å². The van der Waals surface area contributed by atoms with Gasteiger partial charge in [0.15, 0.2) is 11.6 Å². The first-order chi connectivity index (χ1) is 13.2. The van der Waals surface area contributed by atoms with E-state index < -0.39 is 5.82 Å². The van der Waals surface area contributed by atoms with Gasteiger partial charge in [-0.15, -0.1) is 10.2 Å². The van der Waals surface area contributed by atoms with Gasteiger partial charge in [-0.05, 0) is 30.3 Å². The molecule has 0 N–H and O–H groups in total. The molecular formula is C19H21FN6O. The molecule has 2 fully saturated rings. The highest BCUT2D eigenvalue weighted by Crippen LogP contribution is 2.22. The van der Waals surface area contributed by atoms with Crippen molar-refractivity contribution in [3.05, 3.63) is 41.7 Å². The van der Waals surface area contributed by atoms with Crippen LogP contribution in [0.1, 0.15) is 5.56 Å². The molecule has 2 aromatic rings. The van der Waals surface area contributed by atoms with Gasteiger partial charge in [0.2, 0.25) is 0 Å². The van der Waals surface area contributed by atoms with Crippen molar-refractivity contribution in [2.24, 2.45) is 0 Å². The Bertz CT molecular complexity index is 823. The fourth-order valence-electron chi connectivity index (χ4n) is 3.43. The van der Waals surface area contributed by atoms with E-state index in [-0.39, 0.29) is 5.56 Å². The molecule has 2 aliphatic rings. The van der Waals surface area contributed by atoms with E-state index in [4.69, 9.17) is 10.00 Å². The predicted octanol–water partition coefficient (Wildman–Crippen LogP) is 1.65. The molecule has 0 unspecified atom stereocenters. The zero-order chi connectivity index (χ0) is 18.6. The zero-order valence-corrected chi connectivity index (χ0v) is 15.0. The van der Waals surface area contributed by atoms with Gasteiger partial charge in [-0.25, -0.2) is 4.39 Å². The van der Waals surface area contributed by atoms with E-state index in [0.717, 1.165) is 69.8 Å². The minimum absolute atomic E-state index is 0.0769. The maximum atomic E-state index is 13.8. The van der Waals surface area contributed by atoms with Crippen LogP contribution in [0.15, 0.2) is 30.3 Å². The first-order valence-electron chi connectivity index (χ1n) is 9.10. The predicted molar refractivity (Wildman–Crippen MR) is 101 cm³/mol. The van der Waals surface area contributed by atoms with E-state index in [9.17, 15) is 4.39 Å². The Kier molecular flexibility index (Phi) is 5.03. The molecular weight excluding hydrogens is 347 g/mol. The second-order valence-electron chi connectivity index (χ2n) is 6.60. The van der Waals surface area contributed by atoms with Crippen LogP contribution in [-0.4, -0.2) is 62.7 Å². The molecule has 0 saturated carbocycles. The average Bonchev–Trinajstić information content (AvgIpc) is 2.74. The number of nitrogens with zero attached hydrogens (tertiary/aromatic N) is 6. The fraction of sp³-hybridized carbons (Fsp3) is 0.421. The summed E-state index contributed by atoms with van der Waals surface area (Å²) in [5.74, 6) is 1.27. The summed E-state index contributed by atoms with van der Waals surface area (Å²) >= 11 is 0. The minimum Gasteiger partial charge on any atom is -0.378 e. The number of hydrogen-bond donors (Lipinski definition) is 0. The van der Waals surface area contributed by atoms with Crippen LogP contribution >= 0.6 is 0 Å². The third kappa shape index (κ3) is 3.78. The van der Waals surface area contributed by atoms with Crippen molar-refractivity contribution in [2.45, 2.75) is 0 Å². The highest BCUT2D eigenvalue weighted by atomic mass is 19.1. The molecule has 0 bridgehead atoms. The van der Waals surface area contributed by atoms with Gasteiger partial charge in [-0.3, -0.25) is 0 Å². The molecule has 1 aromatic heterocycles. The first kappa shape index (κ1) is 17.5. The van der Waals surface area contributed by atoms with Crippen molar-refractivity contribution in [2.75, 3.05) is 67.2 Å². The van der Waals surface area contributed by atoms with Crippen molar-refractivity contribution in [3.8, 4) is 6.07 Å². The number of hydrogen-bond acceptors (Lipinski definition) is 7. The van der Waals surface area contributed by atoms with E-state index in [1.165, 1.54) is 12.1 Å². The molecule has 2 saturated heterocycles. The van der Waals surface area contributed by atoms with Crippen molar-refractivity contribution in [3.63, 3.8) is 0 Å². The van der Waals surface area contributed by atoms with Crippen LogP contribution < -0.4 is 14.7 Å². The van der Waals surface area contributed by atoms with Crippen LogP contribution in [-0.2, 0) is 4.74 Å². The molecule has 140 valence electrons. The number of ether oxygens (including phenoxy) is 1. The number of rotatable bonds is 3. The number of nitriles is 1. The largest absolute Gasteiger partial charge is 0.378 e. The molecule has 0 spiro atoms. The monoisotopic (exact) mass is 368 g/mol. The lowest BCUT2D eigenvalue weighted by Gasteiger charge is -2.36. The van der Waals surface area contributed by atoms with Crippen LogP contribution in [0.5, 0.6) is 0 Å². The normalized spacial score (nSPS) is 17.7. The molecule has 0 amide bonds. The first-order valence-corrected chi connectivity index (χ1v) is 9.10. The lowest BCUT2D eigenvalue weighted by Crippen LogP contribution is -2.47. The zero-order valence-electron chi connectivity index (χ0n) is 15.0. The van der Waals surface area contributed by atoms with Crippen LogP contribution in [0, 0.1) is 17.1 Å². The number of morpholine rings is 1. The Hall–Kier alpha value is -2.92. The Morgan fingerprint density at radius 3 is 2.00 bits per heavy atom. The second kappa shape index (κ2) is 7.76. The molecule has 27 heavy (non-hydrogen) atoms.